The molecule has 0 saturated heterocycles. The number of aromatic hydroxyl groups is 2. The first-order valence-corrected chi connectivity index (χ1v) is 10.6. The summed E-state index contributed by atoms with van der Waals surface area (Å²) in [5.74, 6) is 1.92. The van der Waals surface area contributed by atoms with Crippen molar-refractivity contribution in [1.82, 2.24) is 0 Å². The standard InChI is InChI=1S/C24H36O3/c1-4-5-6-7-8-9-10-11-12-13-14-21-15-18(2)24(27-21)20-16-22(25)19(3)23(26)17-20/h15-17,25-26H,4-14H2,1-3H3. The van der Waals surface area contributed by atoms with Gasteiger partial charge in [-0.1, -0.05) is 64.7 Å². The molecule has 1 aromatic heterocycles. The van der Waals surface area contributed by atoms with E-state index in [1.165, 1.54) is 57.8 Å². The lowest BCUT2D eigenvalue weighted by molar-refractivity contribution is 0.442. The van der Waals surface area contributed by atoms with Crippen LogP contribution in [0.3, 0.4) is 0 Å². The number of rotatable bonds is 12. The zero-order chi connectivity index (χ0) is 19.6. The van der Waals surface area contributed by atoms with Gasteiger partial charge in [-0.2, -0.15) is 0 Å². The van der Waals surface area contributed by atoms with Crippen molar-refractivity contribution in [1.29, 1.82) is 0 Å². The number of phenols is 2. The second-order valence-corrected chi connectivity index (χ2v) is 7.80. The van der Waals surface area contributed by atoms with E-state index >= 15 is 0 Å². The van der Waals surface area contributed by atoms with Crippen LogP contribution < -0.4 is 0 Å². The molecule has 3 heteroatoms. The van der Waals surface area contributed by atoms with Crippen LogP contribution in [0.4, 0.5) is 0 Å². The summed E-state index contributed by atoms with van der Waals surface area (Å²) < 4.78 is 6.01. The summed E-state index contributed by atoms with van der Waals surface area (Å²) in [5, 5.41) is 19.9. The maximum Gasteiger partial charge on any atom is 0.137 e. The lowest BCUT2D eigenvalue weighted by atomic mass is 10.0. The molecule has 3 nitrogen and oxygen atoms in total. The highest BCUT2D eigenvalue weighted by atomic mass is 16.3. The van der Waals surface area contributed by atoms with Crippen molar-refractivity contribution in [2.24, 2.45) is 0 Å². The molecule has 0 saturated carbocycles. The van der Waals surface area contributed by atoms with E-state index in [0.717, 1.165) is 35.5 Å². The Labute approximate surface area is 164 Å². The third kappa shape index (κ3) is 6.64. The van der Waals surface area contributed by atoms with E-state index < -0.39 is 0 Å². The number of furan rings is 1. The third-order valence-corrected chi connectivity index (χ3v) is 5.36. The number of unbranched alkanes of at least 4 members (excludes halogenated alkanes) is 9. The third-order valence-electron chi connectivity index (χ3n) is 5.36. The van der Waals surface area contributed by atoms with Crippen molar-refractivity contribution < 1.29 is 14.6 Å². The molecule has 0 amide bonds. The maximum absolute atomic E-state index is 9.94. The highest BCUT2D eigenvalue weighted by Crippen LogP contribution is 2.35. The summed E-state index contributed by atoms with van der Waals surface area (Å²) in [5.41, 5.74) is 2.26. The van der Waals surface area contributed by atoms with Crippen molar-refractivity contribution in [2.75, 3.05) is 0 Å². The van der Waals surface area contributed by atoms with E-state index in [2.05, 4.69) is 13.0 Å². The Bertz CT molecular complexity index is 677. The molecule has 0 aliphatic carbocycles. The fourth-order valence-electron chi connectivity index (χ4n) is 3.56. The molecule has 0 bridgehead atoms. The maximum atomic E-state index is 9.94. The number of aryl methyl sites for hydroxylation is 2. The summed E-state index contributed by atoms with van der Waals surface area (Å²) in [6.07, 6.45) is 14.2. The van der Waals surface area contributed by atoms with Gasteiger partial charge >= 0.3 is 0 Å². The van der Waals surface area contributed by atoms with Gasteiger partial charge in [-0.15, -0.1) is 0 Å². The largest absolute Gasteiger partial charge is 0.508 e. The van der Waals surface area contributed by atoms with Gasteiger partial charge in [0.15, 0.2) is 0 Å². The zero-order valence-electron chi connectivity index (χ0n) is 17.3. The Kier molecular flexibility index (Phi) is 8.77. The minimum atomic E-state index is 0.0945. The number of hydrogen-bond donors (Lipinski definition) is 2. The first-order chi connectivity index (χ1) is 13.0. The van der Waals surface area contributed by atoms with Crippen LogP contribution in [0.25, 0.3) is 11.3 Å². The van der Waals surface area contributed by atoms with Gasteiger partial charge in [-0.05, 0) is 44.0 Å². The van der Waals surface area contributed by atoms with E-state index in [4.69, 9.17) is 4.42 Å². The zero-order valence-corrected chi connectivity index (χ0v) is 17.3. The molecule has 0 spiro atoms. The highest BCUT2D eigenvalue weighted by Gasteiger charge is 2.13. The quantitative estimate of drug-likeness (QED) is 0.381. The van der Waals surface area contributed by atoms with Crippen LogP contribution >= 0.6 is 0 Å². The molecule has 1 aromatic carbocycles. The van der Waals surface area contributed by atoms with Crippen molar-refractivity contribution in [3.05, 3.63) is 35.1 Å². The Morgan fingerprint density at radius 2 is 1.26 bits per heavy atom. The fourth-order valence-corrected chi connectivity index (χ4v) is 3.56. The van der Waals surface area contributed by atoms with E-state index in [1.807, 2.05) is 6.92 Å². The molecular formula is C24H36O3. The van der Waals surface area contributed by atoms with Crippen LogP contribution in [0.2, 0.25) is 0 Å². The summed E-state index contributed by atoms with van der Waals surface area (Å²) in [4.78, 5) is 0. The minimum absolute atomic E-state index is 0.0945. The molecule has 0 atom stereocenters. The highest BCUT2D eigenvalue weighted by molar-refractivity contribution is 5.67. The summed E-state index contributed by atoms with van der Waals surface area (Å²) in [6, 6.07) is 5.40. The van der Waals surface area contributed by atoms with Gasteiger partial charge in [0.1, 0.15) is 23.0 Å². The number of hydrogen-bond acceptors (Lipinski definition) is 3. The molecule has 0 unspecified atom stereocenters. The van der Waals surface area contributed by atoms with Gasteiger partial charge in [0.2, 0.25) is 0 Å². The molecule has 0 aliphatic rings. The smallest absolute Gasteiger partial charge is 0.137 e. The van der Waals surface area contributed by atoms with Crippen LogP contribution in [-0.4, -0.2) is 10.2 Å². The molecule has 0 aliphatic heterocycles. The van der Waals surface area contributed by atoms with Crippen molar-refractivity contribution in [3.63, 3.8) is 0 Å². The lowest BCUT2D eigenvalue weighted by Gasteiger charge is -2.06. The van der Waals surface area contributed by atoms with Crippen molar-refractivity contribution >= 4 is 0 Å². The number of benzene rings is 1. The summed E-state index contributed by atoms with van der Waals surface area (Å²) in [7, 11) is 0. The minimum Gasteiger partial charge on any atom is -0.508 e. The van der Waals surface area contributed by atoms with E-state index in [-0.39, 0.29) is 11.5 Å². The van der Waals surface area contributed by atoms with Gasteiger partial charge in [-0.3, -0.25) is 0 Å². The molecule has 2 rings (SSSR count). The van der Waals surface area contributed by atoms with Gasteiger partial charge < -0.3 is 14.6 Å². The van der Waals surface area contributed by atoms with Crippen LogP contribution in [0.1, 0.15) is 88.0 Å². The second-order valence-electron chi connectivity index (χ2n) is 7.80. The van der Waals surface area contributed by atoms with E-state index in [0.29, 0.717) is 5.56 Å². The molecule has 150 valence electrons. The van der Waals surface area contributed by atoms with Crippen LogP contribution in [0.5, 0.6) is 11.5 Å². The predicted octanol–water partition coefficient (Wildman–Crippen LogP) is 7.44. The molecule has 2 N–H and O–H groups in total. The summed E-state index contributed by atoms with van der Waals surface area (Å²) >= 11 is 0. The average molecular weight is 373 g/mol. The van der Waals surface area contributed by atoms with Crippen LogP contribution in [-0.2, 0) is 6.42 Å². The van der Waals surface area contributed by atoms with Crippen molar-refractivity contribution in [2.45, 2.75) is 91.4 Å². The molecule has 1 heterocycles. The lowest BCUT2D eigenvalue weighted by Crippen LogP contribution is -1.85. The average Bonchev–Trinajstić information content (AvgIpc) is 3.01. The molecule has 0 fully saturated rings. The van der Waals surface area contributed by atoms with Gasteiger partial charge in [-0.25, -0.2) is 0 Å². The monoisotopic (exact) mass is 372 g/mol. The van der Waals surface area contributed by atoms with E-state index in [1.54, 1.807) is 19.1 Å². The molecular weight excluding hydrogens is 336 g/mol. The van der Waals surface area contributed by atoms with Crippen LogP contribution in [0.15, 0.2) is 22.6 Å². The SMILES string of the molecule is CCCCCCCCCCCCc1cc(C)c(-c2cc(O)c(C)c(O)c2)o1. The summed E-state index contributed by atoms with van der Waals surface area (Å²) in [6.45, 7) is 5.97. The van der Waals surface area contributed by atoms with E-state index in [9.17, 15) is 10.2 Å². The predicted molar refractivity (Wildman–Crippen MR) is 112 cm³/mol. The second kappa shape index (κ2) is 11.1. The van der Waals surface area contributed by atoms with Gasteiger partial charge in [0.05, 0.1) is 0 Å². The van der Waals surface area contributed by atoms with Crippen LogP contribution in [0, 0.1) is 13.8 Å². The van der Waals surface area contributed by atoms with Gasteiger partial charge in [0, 0.05) is 17.5 Å². The first-order valence-electron chi connectivity index (χ1n) is 10.6. The topological polar surface area (TPSA) is 53.6 Å². The Morgan fingerprint density at radius 3 is 1.81 bits per heavy atom. The Hall–Kier alpha value is -1.90. The normalized spacial score (nSPS) is 11.2. The first kappa shape index (κ1) is 21.4. The van der Waals surface area contributed by atoms with Crippen molar-refractivity contribution in [3.8, 4) is 22.8 Å². The van der Waals surface area contributed by atoms with Gasteiger partial charge in [0.25, 0.3) is 0 Å². The molecule has 2 aromatic rings. The Balaban J connectivity index is 1.74. The number of phenolic OH excluding ortho intramolecular Hbond substituents is 2. The fraction of sp³-hybridized carbons (Fsp3) is 0.583. The molecule has 0 radical (unpaired) electrons. The Morgan fingerprint density at radius 1 is 0.741 bits per heavy atom. The molecule has 27 heavy (non-hydrogen) atoms.